The van der Waals surface area contributed by atoms with Crippen molar-refractivity contribution >= 4 is 140 Å². The number of aromatic nitrogens is 4. The number of rotatable bonds is 26. The third-order valence-corrected chi connectivity index (χ3v) is 24.9. The summed E-state index contributed by atoms with van der Waals surface area (Å²) in [7, 11) is 5.08. The minimum atomic E-state index is -4.80. The number of nitrogens with zero attached hydrogens (tertiary/aromatic N) is 6. The Morgan fingerprint density at radius 1 is 0.581 bits per heavy atom. The van der Waals surface area contributed by atoms with Crippen LogP contribution in [0.4, 0.5) is 13.2 Å². The summed E-state index contributed by atoms with van der Waals surface area (Å²) < 4.78 is 41.8. The normalized spacial score (nSPS) is 23.4. The molecule has 3 aromatic heterocycles. The Morgan fingerprint density at radius 2 is 1.15 bits per heavy atom. The van der Waals surface area contributed by atoms with E-state index in [0.717, 1.165) is 55.8 Å². The lowest BCUT2D eigenvalue weighted by Gasteiger charge is -2.36. The van der Waals surface area contributed by atoms with Gasteiger partial charge in [-0.25, -0.2) is 4.98 Å². The molecule has 2 fully saturated rings. The Hall–Kier alpha value is -13.5. The van der Waals surface area contributed by atoms with Gasteiger partial charge in [-0.2, -0.15) is 13.2 Å². The van der Waals surface area contributed by atoms with E-state index in [2.05, 4.69) is 73.1 Å². The molecule has 2 aliphatic heterocycles. The number of nitrogens with two attached hydrogens (primary N) is 3. The largest absolute Gasteiger partial charge is 0.416 e. The molecule has 41 nitrogen and oxygen atoms in total. The fourth-order valence-electron chi connectivity index (χ4n) is 16.3. The van der Waals surface area contributed by atoms with E-state index in [9.17, 15) is 75.8 Å². The third kappa shape index (κ3) is 31.0. The topological polar surface area (TPSA) is 609 Å². The van der Waals surface area contributed by atoms with Crippen LogP contribution in [0.25, 0.3) is 21.8 Å². The maximum Gasteiger partial charge on any atom is 0.416 e. The molecule has 2 saturated heterocycles. The average molecular weight is 1920 g/mol. The molecule has 16 amide bonds. The minimum Gasteiger partial charge on any atom is -0.394 e. The second kappa shape index (κ2) is 51.3. The number of amides is 16. The number of benzene rings is 3. The van der Waals surface area contributed by atoms with Gasteiger partial charge in [0, 0.05) is 125 Å². The number of nitrogens with one attached hydrogen (secondary N) is 14. The Balaban J connectivity index is 1.19. The van der Waals surface area contributed by atoms with Crippen molar-refractivity contribution in [3.63, 3.8) is 0 Å². The number of ketones is 1. The average Bonchev–Trinajstić information content (AvgIpc) is 1.35. The summed E-state index contributed by atoms with van der Waals surface area (Å²) >= 11 is 0.677. The molecular formula is C91H126F3N23O18S. The molecule has 0 spiro atoms. The van der Waals surface area contributed by atoms with Crippen LogP contribution in [0.2, 0.25) is 0 Å². The number of alkyl halides is 3. The van der Waals surface area contributed by atoms with Crippen LogP contribution in [-0.2, 0) is 113 Å². The number of Topliss-reactive ketones (excluding diaryl/α,β-unsaturated/α-hetero) is 1. The molecule has 2 aliphatic rings. The van der Waals surface area contributed by atoms with Gasteiger partial charge in [-0.1, -0.05) is 102 Å². The van der Waals surface area contributed by atoms with Crippen LogP contribution in [0.3, 0.4) is 0 Å². The van der Waals surface area contributed by atoms with Gasteiger partial charge < -0.3 is 115 Å². The number of primary amides is 2. The van der Waals surface area contributed by atoms with E-state index in [0.29, 0.717) is 76.1 Å². The molecule has 0 radical (unpaired) electrons. The van der Waals surface area contributed by atoms with Crippen molar-refractivity contribution in [2.24, 2.45) is 29.0 Å². The predicted molar refractivity (Wildman–Crippen MR) is 496 cm³/mol. The van der Waals surface area contributed by atoms with Gasteiger partial charge in [-0.15, -0.1) is 11.8 Å². The highest BCUT2D eigenvalue weighted by Crippen LogP contribution is 2.31. The molecule has 5 heterocycles. The van der Waals surface area contributed by atoms with E-state index in [-0.39, 0.29) is 88.8 Å². The molecule has 0 bridgehead atoms. The quantitative estimate of drug-likeness (QED) is 0.0193. The molecule has 3 aromatic carbocycles. The number of hydrogen-bond acceptors (Lipinski definition) is 21. The Kier molecular flexibility index (Phi) is 40.7. The zero-order valence-electron chi connectivity index (χ0n) is 77.6. The molecule has 740 valence electrons. The van der Waals surface area contributed by atoms with Gasteiger partial charge in [0.25, 0.3) is 0 Å². The van der Waals surface area contributed by atoms with E-state index >= 15 is 24.0 Å². The molecule has 13 atom stereocenters. The summed E-state index contributed by atoms with van der Waals surface area (Å²) in [6.07, 6.45) is -0.235. The number of para-hydroxylation sites is 2. The number of hydrogen-bond donors (Lipinski definition) is 18. The van der Waals surface area contributed by atoms with Crippen LogP contribution in [0, 0.1) is 17.2 Å². The number of likely N-dealkylation sites (N-methyl/N-ethyl adjacent to an activating group) is 4. The minimum absolute atomic E-state index is 0.00220. The lowest BCUT2D eigenvalue weighted by atomic mass is 9.92. The first kappa shape index (κ1) is 108. The van der Waals surface area contributed by atoms with Crippen LogP contribution in [0.1, 0.15) is 146 Å². The number of fused-ring (bicyclic) bond motifs is 3. The van der Waals surface area contributed by atoms with Crippen molar-refractivity contribution in [2.45, 2.75) is 222 Å². The van der Waals surface area contributed by atoms with E-state index in [4.69, 9.17) is 22.6 Å². The number of guanidine groups is 1. The molecule has 45 heteroatoms. The molecule has 0 unspecified atom stereocenters. The second-order valence-electron chi connectivity index (χ2n) is 34.7. The molecule has 0 saturated carbocycles. The lowest BCUT2D eigenvalue weighted by molar-refractivity contribution is -0.149. The van der Waals surface area contributed by atoms with Gasteiger partial charge in [0.05, 0.1) is 43.8 Å². The number of unbranched alkanes of at least 4 members (excludes halogenated alkanes) is 2. The number of halogens is 3. The van der Waals surface area contributed by atoms with Crippen LogP contribution in [0.15, 0.2) is 97.7 Å². The molecule has 0 aliphatic carbocycles. The Morgan fingerprint density at radius 3 is 1.74 bits per heavy atom. The van der Waals surface area contributed by atoms with Crippen molar-refractivity contribution in [1.82, 2.24) is 97.6 Å². The maximum absolute atomic E-state index is 15.7. The zero-order valence-corrected chi connectivity index (χ0v) is 78.5. The predicted octanol–water partition coefficient (Wildman–Crippen LogP) is -0.0284. The number of H-pyrrole nitrogens is 3. The number of carbonyl (C=O) groups excluding carboxylic acids is 17. The van der Waals surface area contributed by atoms with E-state index < -0.39 is 247 Å². The van der Waals surface area contributed by atoms with Gasteiger partial charge in [0.2, 0.25) is 94.5 Å². The van der Waals surface area contributed by atoms with Crippen molar-refractivity contribution in [1.29, 1.82) is 5.41 Å². The summed E-state index contributed by atoms with van der Waals surface area (Å²) in [5.41, 5.74) is 18.4. The lowest BCUT2D eigenvalue weighted by Crippen LogP contribution is -2.61. The first-order valence-corrected chi connectivity index (χ1v) is 46.3. The first-order chi connectivity index (χ1) is 64.5. The second-order valence-corrected chi connectivity index (χ2v) is 35.7. The molecule has 6 aromatic rings. The molecule has 136 heavy (non-hydrogen) atoms. The fraction of sp³-hybridized carbons (Fsp3) is 0.527. The van der Waals surface area contributed by atoms with Gasteiger partial charge in [-0.05, 0) is 105 Å². The summed E-state index contributed by atoms with van der Waals surface area (Å²) in [5.74, 6) is -19.5. The van der Waals surface area contributed by atoms with Crippen LogP contribution in [0.5, 0.6) is 0 Å². The first-order valence-electron chi connectivity index (χ1n) is 45.2. The highest BCUT2D eigenvalue weighted by molar-refractivity contribution is 8.00. The monoisotopic (exact) mass is 1920 g/mol. The van der Waals surface area contributed by atoms with Crippen LogP contribution < -0.4 is 70.4 Å². The zero-order chi connectivity index (χ0) is 99.9. The van der Waals surface area contributed by atoms with E-state index in [1.54, 1.807) is 74.8 Å². The SMILES string of the molecule is CCCC[C@H]1C(=O)N(C)[C@@H](CCCC)C(=O)N[C@@H](CCCNC(=N)N)C(=O)N[C@H](C(=O)NCC(N)=O)CSCC(=O)N[C@@H](Cc2ccc(C(F)(F)F)cc2)C(=O)N(C)[C@@H](C)C(=O)N[C@@H](CC(N)=O)C(=O)N2CCC[C@H]2C(=O)N[C@@H](Cc2cnc[nH]2)C(=O)N[C@@H](CC(C)C)C(=O)N(C)CC(=O)C[C@@H](Cc2c[nH]c3ccccc23)C(=O)N[C@@H](CO)C(=O)N[C@@H](Cc2c[nH]c3ccccc23)C(=O)N1C. The number of aromatic amines is 3. The third-order valence-electron chi connectivity index (χ3n) is 23.8. The highest BCUT2D eigenvalue weighted by Gasteiger charge is 2.45. The number of imidazole rings is 1. The highest BCUT2D eigenvalue weighted by atomic mass is 32.2. The van der Waals surface area contributed by atoms with Crippen molar-refractivity contribution < 1.29 is 99.8 Å². The summed E-state index contributed by atoms with van der Waals surface area (Å²) in [5, 5.41) is 46.3. The number of thioether (sulfide) groups is 1. The van der Waals surface area contributed by atoms with Gasteiger partial charge in [0.15, 0.2) is 11.7 Å². The Labute approximate surface area is 788 Å². The van der Waals surface area contributed by atoms with Gasteiger partial charge in [-0.3, -0.25) is 86.9 Å². The summed E-state index contributed by atoms with van der Waals surface area (Å²) in [4.78, 5) is 267. The van der Waals surface area contributed by atoms with Crippen LogP contribution in [-0.4, -0.2) is 301 Å². The van der Waals surface area contributed by atoms with Gasteiger partial charge >= 0.3 is 6.18 Å². The van der Waals surface area contributed by atoms with Gasteiger partial charge in [0.1, 0.15) is 72.5 Å². The van der Waals surface area contributed by atoms with E-state index in [1.165, 1.54) is 40.6 Å². The van der Waals surface area contributed by atoms with Crippen molar-refractivity contribution in [3.05, 3.63) is 126 Å². The standard InChI is InChI=1S/C91H126F3N23O18S/c1-10-12-25-71-83(129)106-63(24-18-32-100-90(97)98)80(126)112-70(79(125)103-44-75(96)121)47-136-48-76(122)105-66(35-52-28-30-56(31-29-52)91(92,93)94)86(132)114(7)51(5)77(123)108-68(40-74(95)120)88(134)117-33-19-27-72(117)84(130)107-64(39-57-43-99-49-104-57)81(127)109-65(34-50(3)4)85(131)113(6)45-58(119)37-53(36-54-41-101-61-22-16-14-20-59(54)61)78(124)111-69(46-118)82(128)110-67(38-55-42-102-62-23-17-15-21-60(55)62)87(133)116(9)73(26-13-11-2)89(135)115(71)8/h14-17,20-23,28-31,41-43,49-51,53,63-73,101-102,118H,10-13,18-19,24-27,32-40,44-48H2,1-9H3,(H2,95,120)(H2,96,121)(H,99,104)(H,103,125)(H,105,122)(H,106,129)(H,107,130)(H,108,123)(H,109,127)(H,110,128)(H,111,124)(H,112,126)(H4,97,98,100)/t51-,53+,63-,64-,65-,66-,67-,68-,69-,70-,71-,72-,73-/m0/s1. The smallest absolute Gasteiger partial charge is 0.394 e. The van der Waals surface area contributed by atoms with Crippen molar-refractivity contribution in [2.75, 3.05) is 72.5 Å². The number of aliphatic hydroxyl groups excluding tert-OH is 1. The number of aliphatic hydroxyl groups is 1. The van der Waals surface area contributed by atoms with Crippen molar-refractivity contribution in [3.8, 4) is 0 Å². The van der Waals surface area contributed by atoms with Crippen LogP contribution >= 0.6 is 11.8 Å². The summed E-state index contributed by atoms with van der Waals surface area (Å²) in [6.45, 7) is 5.67. The molecule has 8 rings (SSSR count). The molecular weight excluding hydrogens is 1790 g/mol. The van der Waals surface area contributed by atoms with E-state index in [1.807, 2.05) is 13.8 Å². The summed E-state index contributed by atoms with van der Waals surface area (Å²) in [6, 6.07) is -1.33. The molecule has 21 N–H and O–H groups in total. The number of carbonyl (C=O) groups is 17. The Bertz CT molecular complexity index is 5230. The fourth-order valence-corrected chi connectivity index (χ4v) is 17.1. The maximum atomic E-state index is 15.7.